The molecule has 1 unspecified atom stereocenters. The third kappa shape index (κ3) is 4.37. The predicted molar refractivity (Wildman–Crippen MR) is 70.4 cm³/mol. The van der Waals surface area contributed by atoms with Crippen LogP contribution in [-0.2, 0) is 21.4 Å². The second-order valence-electron chi connectivity index (χ2n) is 3.88. The zero-order chi connectivity index (χ0) is 13.8. The minimum atomic E-state index is -3.66. The number of amides is 1. The Morgan fingerprint density at radius 1 is 1.50 bits per heavy atom. The highest BCUT2D eigenvalue weighted by atomic mass is 32.2. The quantitative estimate of drug-likeness (QED) is 0.691. The van der Waals surface area contributed by atoms with Crippen molar-refractivity contribution in [2.75, 3.05) is 0 Å². The molecule has 8 heteroatoms. The van der Waals surface area contributed by atoms with E-state index in [1.165, 1.54) is 6.07 Å². The van der Waals surface area contributed by atoms with Crippen molar-refractivity contribution >= 4 is 27.3 Å². The molecular weight excluding hydrogens is 274 g/mol. The minimum absolute atomic E-state index is 0.0876. The topological polar surface area (TPSA) is 115 Å². The minimum Gasteiger partial charge on any atom is -0.350 e. The zero-order valence-electron chi connectivity index (χ0n) is 10.0. The molecule has 0 bridgehead atoms. The van der Waals surface area contributed by atoms with Gasteiger partial charge in [0.15, 0.2) is 0 Å². The van der Waals surface area contributed by atoms with Gasteiger partial charge >= 0.3 is 0 Å². The fourth-order valence-corrected chi connectivity index (χ4v) is 3.07. The third-order valence-electron chi connectivity index (χ3n) is 2.29. The van der Waals surface area contributed by atoms with E-state index in [0.717, 1.165) is 22.6 Å². The summed E-state index contributed by atoms with van der Waals surface area (Å²) in [6.07, 6.45) is 1.46. The second-order valence-corrected chi connectivity index (χ2v) is 6.84. The molecule has 0 aliphatic carbocycles. The molecule has 5 N–H and O–H groups in total. The number of primary sulfonamides is 1. The molecule has 0 aromatic carbocycles. The van der Waals surface area contributed by atoms with Crippen LogP contribution in [0.4, 0.5) is 0 Å². The zero-order valence-corrected chi connectivity index (χ0v) is 11.7. The van der Waals surface area contributed by atoms with E-state index in [-0.39, 0.29) is 16.7 Å². The van der Waals surface area contributed by atoms with Crippen LogP contribution in [0.25, 0.3) is 0 Å². The normalized spacial score (nSPS) is 13.3. The Labute approximate surface area is 110 Å². The Hall–Kier alpha value is -0.960. The van der Waals surface area contributed by atoms with Crippen molar-refractivity contribution in [3.8, 4) is 0 Å². The van der Waals surface area contributed by atoms with Crippen molar-refractivity contribution < 1.29 is 13.2 Å². The molecule has 1 heterocycles. The lowest BCUT2D eigenvalue weighted by Gasteiger charge is -2.10. The van der Waals surface area contributed by atoms with Crippen molar-refractivity contribution in [1.82, 2.24) is 5.32 Å². The van der Waals surface area contributed by atoms with E-state index in [1.807, 2.05) is 6.92 Å². The van der Waals surface area contributed by atoms with E-state index < -0.39 is 16.1 Å². The van der Waals surface area contributed by atoms with Crippen LogP contribution in [0, 0.1) is 0 Å². The molecule has 0 aliphatic rings. The predicted octanol–water partition coefficient (Wildman–Crippen LogP) is 0.139. The van der Waals surface area contributed by atoms with Crippen LogP contribution in [0.1, 0.15) is 24.6 Å². The van der Waals surface area contributed by atoms with Gasteiger partial charge in [-0.1, -0.05) is 13.3 Å². The fraction of sp³-hybridized carbons (Fsp3) is 0.500. The summed E-state index contributed by atoms with van der Waals surface area (Å²) < 4.78 is 22.2. The lowest BCUT2D eigenvalue weighted by Crippen LogP contribution is -2.39. The van der Waals surface area contributed by atoms with Gasteiger partial charge in [-0.2, -0.15) is 0 Å². The smallest absolute Gasteiger partial charge is 0.247 e. The lowest BCUT2D eigenvalue weighted by atomic mass is 10.2. The first-order valence-corrected chi connectivity index (χ1v) is 7.85. The molecule has 1 amide bonds. The summed E-state index contributed by atoms with van der Waals surface area (Å²) in [5, 5.41) is 7.65. The summed E-state index contributed by atoms with van der Waals surface area (Å²) in [5.74, 6) is -0.234. The van der Waals surface area contributed by atoms with E-state index in [4.69, 9.17) is 10.9 Å². The molecule has 0 aliphatic heterocycles. The van der Waals surface area contributed by atoms with E-state index in [2.05, 4.69) is 5.32 Å². The van der Waals surface area contributed by atoms with Gasteiger partial charge in [0.25, 0.3) is 0 Å². The van der Waals surface area contributed by atoms with Crippen LogP contribution in [0.5, 0.6) is 0 Å². The number of thiophene rings is 1. The molecule has 0 saturated carbocycles. The highest BCUT2D eigenvalue weighted by molar-refractivity contribution is 7.91. The van der Waals surface area contributed by atoms with E-state index in [1.54, 1.807) is 6.07 Å². The molecule has 0 spiro atoms. The highest BCUT2D eigenvalue weighted by Gasteiger charge is 2.14. The monoisotopic (exact) mass is 291 g/mol. The van der Waals surface area contributed by atoms with E-state index >= 15 is 0 Å². The number of hydrogen-bond donors (Lipinski definition) is 3. The Bertz CT molecular complexity index is 510. The maximum atomic E-state index is 11.5. The van der Waals surface area contributed by atoms with Gasteiger partial charge in [-0.3, -0.25) is 4.79 Å². The lowest BCUT2D eigenvalue weighted by molar-refractivity contribution is -0.122. The van der Waals surface area contributed by atoms with Gasteiger partial charge in [0, 0.05) is 4.88 Å². The summed E-state index contributed by atoms with van der Waals surface area (Å²) in [5.41, 5.74) is 5.64. The molecule has 0 fully saturated rings. The number of nitrogens with two attached hydrogens (primary N) is 2. The van der Waals surface area contributed by atoms with Gasteiger partial charge in [0.05, 0.1) is 12.6 Å². The van der Waals surface area contributed by atoms with E-state index in [0.29, 0.717) is 6.42 Å². The van der Waals surface area contributed by atoms with Crippen LogP contribution < -0.4 is 16.2 Å². The van der Waals surface area contributed by atoms with Crippen molar-refractivity contribution in [3.05, 3.63) is 17.0 Å². The van der Waals surface area contributed by atoms with Gasteiger partial charge in [0.1, 0.15) is 4.21 Å². The molecule has 1 aromatic heterocycles. The number of carbonyl (C=O) groups excluding carboxylic acids is 1. The molecule has 6 nitrogen and oxygen atoms in total. The number of rotatable bonds is 6. The van der Waals surface area contributed by atoms with Crippen LogP contribution >= 0.6 is 11.3 Å². The van der Waals surface area contributed by atoms with Crippen LogP contribution in [0.3, 0.4) is 0 Å². The molecule has 102 valence electrons. The third-order valence-corrected chi connectivity index (χ3v) is 4.81. The Morgan fingerprint density at radius 3 is 2.67 bits per heavy atom. The summed E-state index contributed by atoms with van der Waals surface area (Å²) in [6.45, 7) is 2.21. The SMILES string of the molecule is CCCC(N)C(=O)NCc1ccc(S(N)(=O)=O)s1. The van der Waals surface area contributed by atoms with Gasteiger partial charge < -0.3 is 11.1 Å². The van der Waals surface area contributed by atoms with Crippen molar-refractivity contribution in [2.24, 2.45) is 10.9 Å². The number of carbonyl (C=O) groups is 1. The highest BCUT2D eigenvalue weighted by Crippen LogP contribution is 2.19. The summed E-state index contributed by atoms with van der Waals surface area (Å²) in [7, 11) is -3.66. The molecular formula is C10H17N3O3S2. The van der Waals surface area contributed by atoms with Crippen LogP contribution in [0.2, 0.25) is 0 Å². The van der Waals surface area contributed by atoms with Gasteiger partial charge in [-0.05, 0) is 18.6 Å². The number of nitrogens with one attached hydrogen (secondary N) is 1. The summed E-state index contributed by atoms with van der Waals surface area (Å²) >= 11 is 1.04. The number of sulfonamides is 1. The van der Waals surface area contributed by atoms with Crippen molar-refractivity contribution in [2.45, 2.75) is 36.6 Å². The molecule has 1 atom stereocenters. The average Bonchev–Trinajstić information content (AvgIpc) is 2.74. The molecule has 1 rings (SSSR count). The average molecular weight is 291 g/mol. The fourth-order valence-electron chi connectivity index (χ4n) is 1.35. The van der Waals surface area contributed by atoms with Crippen LogP contribution in [0.15, 0.2) is 16.3 Å². The molecule has 0 saturated heterocycles. The maximum Gasteiger partial charge on any atom is 0.247 e. The largest absolute Gasteiger partial charge is 0.350 e. The van der Waals surface area contributed by atoms with Crippen LogP contribution in [-0.4, -0.2) is 20.4 Å². The first kappa shape index (κ1) is 15.1. The molecule has 1 aromatic rings. The first-order valence-electron chi connectivity index (χ1n) is 5.49. The van der Waals surface area contributed by atoms with Crippen molar-refractivity contribution in [1.29, 1.82) is 0 Å². The molecule has 0 radical (unpaired) electrons. The maximum absolute atomic E-state index is 11.5. The van der Waals surface area contributed by atoms with Gasteiger partial charge in [-0.25, -0.2) is 13.6 Å². The standard InChI is InChI=1S/C10H17N3O3S2/c1-2-3-8(11)10(14)13-6-7-4-5-9(17-7)18(12,15)16/h4-5,8H,2-3,6,11H2,1H3,(H,13,14)(H2,12,15,16). The Kier molecular flexibility index (Phi) is 5.27. The number of hydrogen-bond acceptors (Lipinski definition) is 5. The molecule has 18 heavy (non-hydrogen) atoms. The Morgan fingerprint density at radius 2 is 2.17 bits per heavy atom. The van der Waals surface area contributed by atoms with Crippen molar-refractivity contribution in [3.63, 3.8) is 0 Å². The summed E-state index contributed by atoms with van der Waals surface area (Å²) in [6, 6.07) is 2.52. The second kappa shape index (κ2) is 6.28. The van der Waals surface area contributed by atoms with Gasteiger partial charge in [0.2, 0.25) is 15.9 Å². The summed E-state index contributed by atoms with van der Waals surface area (Å²) in [4.78, 5) is 12.3. The van der Waals surface area contributed by atoms with Gasteiger partial charge in [-0.15, -0.1) is 11.3 Å². The van der Waals surface area contributed by atoms with E-state index in [9.17, 15) is 13.2 Å². The Balaban J connectivity index is 2.54. The first-order chi connectivity index (χ1) is 8.34.